The largest absolute Gasteiger partial charge is 0.573 e. The molecule has 2 heterocycles. The molecule has 7 nitrogen and oxygen atoms in total. The van der Waals surface area contributed by atoms with Crippen molar-refractivity contribution in [3.05, 3.63) is 24.4 Å². The van der Waals surface area contributed by atoms with Gasteiger partial charge in [0.15, 0.2) is 5.65 Å². The number of ether oxygens (including phenoxy) is 2. The number of nitrogen functional groups attached to an aromatic ring is 1. The second kappa shape index (κ2) is 5.55. The zero-order valence-electron chi connectivity index (χ0n) is 12.6. The summed E-state index contributed by atoms with van der Waals surface area (Å²) in [6.07, 6.45) is -3.28. The minimum absolute atomic E-state index is 0.0953. The number of nitrogens with two attached hydrogens (primary N) is 1. The van der Waals surface area contributed by atoms with E-state index in [0.29, 0.717) is 22.3 Å². The van der Waals surface area contributed by atoms with Gasteiger partial charge in [0.2, 0.25) is 5.95 Å². The van der Waals surface area contributed by atoms with E-state index < -0.39 is 6.36 Å². The fraction of sp³-hybridized carbons (Fsp3) is 0.214. The zero-order valence-corrected chi connectivity index (χ0v) is 12.6. The highest BCUT2D eigenvalue weighted by Crippen LogP contribution is 2.37. The van der Waals surface area contributed by atoms with Gasteiger partial charge >= 0.3 is 6.36 Å². The predicted octanol–water partition coefficient (Wildman–Crippen LogP) is 2.52. The number of aromatic nitrogens is 4. The maximum Gasteiger partial charge on any atom is 0.573 e. The SMILES string of the molecule is COc1cc(OC(F)(F)F)ccc1-c1nn(C)c2nc(N)ncc12. The molecule has 1 aromatic carbocycles. The number of fused-ring (bicyclic) bond motifs is 1. The van der Waals surface area contributed by atoms with Crippen LogP contribution in [0.15, 0.2) is 24.4 Å². The molecule has 126 valence electrons. The molecule has 2 N–H and O–H groups in total. The zero-order chi connectivity index (χ0) is 17.5. The lowest BCUT2D eigenvalue weighted by Crippen LogP contribution is -2.17. The molecule has 0 bridgehead atoms. The molecule has 0 unspecified atom stereocenters. The number of hydrogen-bond donors (Lipinski definition) is 1. The Hall–Kier alpha value is -3.04. The Morgan fingerprint density at radius 2 is 2.00 bits per heavy atom. The third kappa shape index (κ3) is 2.90. The number of aryl methyl sites for hydroxylation is 1. The molecule has 0 amide bonds. The lowest BCUT2D eigenvalue weighted by Gasteiger charge is -2.12. The first-order valence-corrected chi connectivity index (χ1v) is 6.68. The van der Waals surface area contributed by atoms with E-state index in [1.807, 2.05) is 0 Å². The van der Waals surface area contributed by atoms with E-state index in [0.717, 1.165) is 6.07 Å². The van der Waals surface area contributed by atoms with Crippen molar-refractivity contribution in [2.45, 2.75) is 6.36 Å². The molecular formula is C14H12F3N5O2. The van der Waals surface area contributed by atoms with E-state index in [4.69, 9.17) is 10.5 Å². The van der Waals surface area contributed by atoms with Gasteiger partial charge in [0.1, 0.15) is 17.2 Å². The van der Waals surface area contributed by atoms with Crippen LogP contribution in [0.4, 0.5) is 19.1 Å². The fourth-order valence-electron chi connectivity index (χ4n) is 2.31. The molecule has 0 aliphatic carbocycles. The maximum absolute atomic E-state index is 12.3. The molecule has 0 aliphatic heterocycles. The normalized spacial score (nSPS) is 11.7. The molecule has 3 aromatic rings. The molecule has 0 fully saturated rings. The van der Waals surface area contributed by atoms with E-state index in [1.54, 1.807) is 7.05 Å². The summed E-state index contributed by atoms with van der Waals surface area (Å²) in [5.41, 5.74) is 7.00. The van der Waals surface area contributed by atoms with Gasteiger partial charge in [-0.3, -0.25) is 0 Å². The molecule has 0 spiro atoms. The molecule has 0 radical (unpaired) electrons. The molecule has 2 aromatic heterocycles. The minimum Gasteiger partial charge on any atom is -0.496 e. The number of alkyl halides is 3. The van der Waals surface area contributed by atoms with E-state index >= 15 is 0 Å². The van der Waals surface area contributed by atoms with Gasteiger partial charge in [-0.25, -0.2) is 9.67 Å². The van der Waals surface area contributed by atoms with Gasteiger partial charge in [-0.15, -0.1) is 13.2 Å². The number of halogens is 3. The van der Waals surface area contributed by atoms with Crippen molar-refractivity contribution in [3.63, 3.8) is 0 Å². The molecule has 0 saturated heterocycles. The number of hydrogen-bond acceptors (Lipinski definition) is 6. The van der Waals surface area contributed by atoms with Crippen LogP contribution in [0.2, 0.25) is 0 Å². The van der Waals surface area contributed by atoms with Crippen molar-refractivity contribution in [1.82, 2.24) is 19.7 Å². The molecule has 3 rings (SSSR count). The summed E-state index contributed by atoms with van der Waals surface area (Å²) in [6.45, 7) is 0. The monoisotopic (exact) mass is 339 g/mol. The highest BCUT2D eigenvalue weighted by Gasteiger charge is 2.31. The van der Waals surface area contributed by atoms with Crippen LogP contribution in [-0.4, -0.2) is 33.2 Å². The number of methoxy groups -OCH3 is 1. The van der Waals surface area contributed by atoms with Gasteiger partial charge in [0.05, 0.1) is 12.5 Å². The highest BCUT2D eigenvalue weighted by atomic mass is 19.4. The summed E-state index contributed by atoms with van der Waals surface area (Å²) in [5, 5.41) is 4.92. The molecule has 0 saturated carbocycles. The van der Waals surface area contributed by atoms with Gasteiger partial charge < -0.3 is 15.2 Å². The summed E-state index contributed by atoms with van der Waals surface area (Å²) in [7, 11) is 3.02. The molecule has 0 atom stereocenters. The predicted molar refractivity (Wildman–Crippen MR) is 79.4 cm³/mol. The van der Waals surface area contributed by atoms with E-state index in [9.17, 15) is 13.2 Å². The van der Waals surface area contributed by atoms with Crippen molar-refractivity contribution < 1.29 is 22.6 Å². The van der Waals surface area contributed by atoms with E-state index in [2.05, 4.69) is 19.8 Å². The summed E-state index contributed by atoms with van der Waals surface area (Å²) >= 11 is 0. The van der Waals surface area contributed by atoms with E-state index in [1.165, 1.54) is 30.1 Å². The minimum atomic E-state index is -4.78. The molecule has 24 heavy (non-hydrogen) atoms. The van der Waals surface area contributed by atoms with Crippen molar-refractivity contribution in [1.29, 1.82) is 0 Å². The Morgan fingerprint density at radius 3 is 2.67 bits per heavy atom. The van der Waals surface area contributed by atoms with Crippen LogP contribution in [0.25, 0.3) is 22.3 Å². The van der Waals surface area contributed by atoms with Crippen LogP contribution in [-0.2, 0) is 7.05 Å². The fourth-order valence-corrected chi connectivity index (χ4v) is 2.31. The Kier molecular flexibility index (Phi) is 3.66. The molecule has 0 aliphatic rings. The average molecular weight is 339 g/mol. The quantitative estimate of drug-likeness (QED) is 0.789. The first kappa shape index (κ1) is 15.8. The van der Waals surface area contributed by atoms with Crippen LogP contribution >= 0.6 is 0 Å². The van der Waals surface area contributed by atoms with Gasteiger partial charge in [-0.2, -0.15) is 10.1 Å². The average Bonchev–Trinajstić information content (AvgIpc) is 2.82. The van der Waals surface area contributed by atoms with Crippen molar-refractivity contribution >= 4 is 17.0 Å². The molecule has 10 heteroatoms. The van der Waals surface area contributed by atoms with Crippen LogP contribution < -0.4 is 15.2 Å². The summed E-state index contributed by atoms with van der Waals surface area (Å²) in [6, 6.07) is 3.75. The van der Waals surface area contributed by atoms with Gasteiger partial charge in [0.25, 0.3) is 0 Å². The summed E-state index contributed by atoms with van der Waals surface area (Å²) < 4.78 is 47.6. The smallest absolute Gasteiger partial charge is 0.496 e. The summed E-state index contributed by atoms with van der Waals surface area (Å²) in [5.74, 6) is -0.115. The van der Waals surface area contributed by atoms with Gasteiger partial charge in [-0.1, -0.05) is 0 Å². The number of nitrogens with zero attached hydrogens (tertiary/aromatic N) is 4. The Morgan fingerprint density at radius 1 is 1.25 bits per heavy atom. The molecular weight excluding hydrogens is 327 g/mol. The van der Waals surface area contributed by atoms with Crippen molar-refractivity contribution in [2.24, 2.45) is 7.05 Å². The Balaban J connectivity index is 2.13. The first-order chi connectivity index (χ1) is 11.3. The maximum atomic E-state index is 12.3. The van der Waals surface area contributed by atoms with E-state index in [-0.39, 0.29) is 17.4 Å². The third-order valence-electron chi connectivity index (χ3n) is 3.26. The number of benzene rings is 1. The lowest BCUT2D eigenvalue weighted by molar-refractivity contribution is -0.274. The van der Waals surface area contributed by atoms with Gasteiger partial charge in [-0.05, 0) is 12.1 Å². The Labute approximate surface area is 133 Å². The van der Waals surface area contributed by atoms with Crippen LogP contribution in [0.1, 0.15) is 0 Å². The standard InChI is InChI=1S/C14H12F3N5O2/c1-22-12-9(6-19-13(18)20-12)11(21-22)8-4-3-7(5-10(8)23-2)24-14(15,16)17/h3-6H,1-2H3,(H2,18,19,20). The second-order valence-corrected chi connectivity index (χ2v) is 4.85. The van der Waals surface area contributed by atoms with Crippen LogP contribution in [0, 0.1) is 0 Å². The number of anilines is 1. The van der Waals surface area contributed by atoms with Crippen molar-refractivity contribution in [3.8, 4) is 22.8 Å². The summed E-state index contributed by atoms with van der Waals surface area (Å²) in [4.78, 5) is 8.02. The van der Waals surface area contributed by atoms with Gasteiger partial charge in [0, 0.05) is 24.9 Å². The lowest BCUT2D eigenvalue weighted by atomic mass is 10.1. The third-order valence-corrected chi connectivity index (χ3v) is 3.26. The topological polar surface area (TPSA) is 88.1 Å². The number of rotatable bonds is 3. The van der Waals surface area contributed by atoms with Crippen molar-refractivity contribution in [2.75, 3.05) is 12.8 Å². The Bertz CT molecular complexity index is 907. The van der Waals surface area contributed by atoms with Crippen LogP contribution in [0.5, 0.6) is 11.5 Å². The second-order valence-electron chi connectivity index (χ2n) is 4.85. The highest BCUT2D eigenvalue weighted by molar-refractivity contribution is 5.92. The van der Waals surface area contributed by atoms with Crippen LogP contribution in [0.3, 0.4) is 0 Å². The first-order valence-electron chi connectivity index (χ1n) is 6.68.